The van der Waals surface area contributed by atoms with Crippen molar-refractivity contribution in [3.63, 3.8) is 0 Å². The molecule has 1 aliphatic heterocycles. The van der Waals surface area contributed by atoms with Gasteiger partial charge in [0.05, 0.1) is 19.6 Å². The first-order valence-corrected chi connectivity index (χ1v) is 10.3. The Bertz CT molecular complexity index is 988. The van der Waals surface area contributed by atoms with Crippen molar-refractivity contribution < 1.29 is 33.6 Å². The molecule has 0 unspecified atom stereocenters. The van der Waals surface area contributed by atoms with Gasteiger partial charge in [0.15, 0.2) is 0 Å². The minimum absolute atomic E-state index is 0.170. The first-order chi connectivity index (χ1) is 16.2. The van der Waals surface area contributed by atoms with Crippen molar-refractivity contribution in [2.24, 2.45) is 0 Å². The van der Waals surface area contributed by atoms with Crippen LogP contribution in [-0.2, 0) is 40.0 Å². The van der Waals surface area contributed by atoms with Crippen LogP contribution in [0, 0.1) is 0 Å². The standard InChI is InChI=1S/C22H25N5O7/c1-14(28)10-25-22(34)16(9-15-5-3-2-4-6-15)26-18(30)12-23-17(29)11-24-19(31)13-27-20(32)7-8-21(27)33/h2-8,16H,9-13H2,1H3,(H,23,29)(H,24,31)(H,25,34)(H,26,30)/t16-/m0/s1. The molecule has 0 aliphatic carbocycles. The zero-order chi connectivity index (χ0) is 25.1. The number of nitrogens with zero attached hydrogens (tertiary/aromatic N) is 1. The lowest BCUT2D eigenvalue weighted by atomic mass is 10.1. The molecule has 0 spiro atoms. The highest BCUT2D eigenvalue weighted by molar-refractivity contribution is 6.14. The summed E-state index contributed by atoms with van der Waals surface area (Å²) in [7, 11) is 0. The van der Waals surface area contributed by atoms with Crippen LogP contribution in [0.3, 0.4) is 0 Å². The lowest BCUT2D eigenvalue weighted by Gasteiger charge is -2.18. The van der Waals surface area contributed by atoms with Crippen molar-refractivity contribution in [1.29, 1.82) is 0 Å². The maximum atomic E-state index is 12.4. The number of imide groups is 1. The van der Waals surface area contributed by atoms with Gasteiger partial charge in [-0.1, -0.05) is 30.3 Å². The summed E-state index contributed by atoms with van der Waals surface area (Å²) in [6.07, 6.45) is 2.24. The molecule has 180 valence electrons. The minimum atomic E-state index is -0.977. The highest BCUT2D eigenvalue weighted by Gasteiger charge is 2.26. The number of rotatable bonds is 12. The van der Waals surface area contributed by atoms with Gasteiger partial charge in [-0.05, 0) is 12.5 Å². The van der Waals surface area contributed by atoms with E-state index in [2.05, 4.69) is 21.3 Å². The van der Waals surface area contributed by atoms with Crippen molar-refractivity contribution in [2.75, 3.05) is 26.2 Å². The van der Waals surface area contributed by atoms with Gasteiger partial charge in [-0.3, -0.25) is 38.5 Å². The minimum Gasteiger partial charge on any atom is -0.347 e. The monoisotopic (exact) mass is 471 g/mol. The maximum Gasteiger partial charge on any atom is 0.254 e. The first-order valence-electron chi connectivity index (χ1n) is 10.3. The Hall–Kier alpha value is -4.35. The molecular weight excluding hydrogens is 446 g/mol. The molecule has 1 aromatic rings. The highest BCUT2D eigenvalue weighted by atomic mass is 16.2. The van der Waals surface area contributed by atoms with Crippen LogP contribution in [0.25, 0.3) is 0 Å². The topological polar surface area (TPSA) is 171 Å². The molecule has 1 aromatic carbocycles. The predicted octanol–water partition coefficient (Wildman–Crippen LogP) is -2.42. The Morgan fingerprint density at radius 1 is 0.794 bits per heavy atom. The molecule has 4 N–H and O–H groups in total. The van der Waals surface area contributed by atoms with Gasteiger partial charge in [0, 0.05) is 18.6 Å². The average molecular weight is 471 g/mol. The Balaban J connectivity index is 1.79. The summed E-state index contributed by atoms with van der Waals surface area (Å²) >= 11 is 0. The Morgan fingerprint density at radius 2 is 1.38 bits per heavy atom. The van der Waals surface area contributed by atoms with Gasteiger partial charge in [0.2, 0.25) is 23.6 Å². The molecule has 0 fully saturated rings. The van der Waals surface area contributed by atoms with E-state index in [0.717, 1.165) is 17.7 Å². The van der Waals surface area contributed by atoms with Crippen LogP contribution in [0.2, 0.25) is 0 Å². The summed E-state index contributed by atoms with van der Waals surface area (Å²) in [4.78, 5) is 83.2. The van der Waals surface area contributed by atoms with Crippen molar-refractivity contribution in [1.82, 2.24) is 26.2 Å². The third kappa shape index (κ3) is 8.65. The summed E-state index contributed by atoms with van der Waals surface area (Å²) in [5.41, 5.74) is 0.780. The number of amides is 6. The van der Waals surface area contributed by atoms with Gasteiger partial charge < -0.3 is 21.3 Å². The van der Waals surface area contributed by atoms with E-state index in [1.54, 1.807) is 30.3 Å². The Morgan fingerprint density at radius 3 is 2.00 bits per heavy atom. The number of nitrogens with one attached hydrogen (secondary N) is 4. The number of hydrogen-bond donors (Lipinski definition) is 4. The highest BCUT2D eigenvalue weighted by Crippen LogP contribution is 2.04. The van der Waals surface area contributed by atoms with Crippen LogP contribution >= 0.6 is 0 Å². The van der Waals surface area contributed by atoms with Crippen molar-refractivity contribution >= 4 is 41.2 Å². The molecule has 2 rings (SSSR count). The van der Waals surface area contributed by atoms with Crippen LogP contribution in [0.4, 0.5) is 0 Å². The van der Waals surface area contributed by atoms with Gasteiger partial charge >= 0.3 is 0 Å². The fourth-order valence-corrected chi connectivity index (χ4v) is 2.85. The van der Waals surface area contributed by atoms with Crippen LogP contribution in [-0.4, -0.2) is 78.3 Å². The van der Waals surface area contributed by atoms with Crippen LogP contribution in [0.15, 0.2) is 42.5 Å². The summed E-state index contributed by atoms with van der Waals surface area (Å²) in [6, 6.07) is 7.95. The van der Waals surface area contributed by atoms with Crippen LogP contribution in [0.5, 0.6) is 0 Å². The Kier molecular flexibility index (Phi) is 9.62. The van der Waals surface area contributed by atoms with E-state index in [0.29, 0.717) is 4.90 Å². The van der Waals surface area contributed by atoms with Crippen LogP contribution in [0.1, 0.15) is 12.5 Å². The predicted molar refractivity (Wildman–Crippen MR) is 118 cm³/mol. The molecule has 1 heterocycles. The third-order valence-electron chi connectivity index (χ3n) is 4.54. The SMILES string of the molecule is CC(=O)CNC(=O)[C@H](Cc1ccccc1)NC(=O)CNC(=O)CNC(=O)CN1C(=O)C=CC1=O. The van der Waals surface area contributed by atoms with E-state index in [1.165, 1.54) is 6.92 Å². The van der Waals surface area contributed by atoms with E-state index < -0.39 is 61.1 Å². The van der Waals surface area contributed by atoms with E-state index >= 15 is 0 Å². The van der Waals surface area contributed by atoms with Crippen LogP contribution < -0.4 is 21.3 Å². The van der Waals surface area contributed by atoms with E-state index in [9.17, 15) is 33.6 Å². The molecule has 0 radical (unpaired) electrons. The first kappa shape index (κ1) is 25.9. The number of hydrogen-bond acceptors (Lipinski definition) is 7. The second kappa shape index (κ2) is 12.6. The molecule has 1 atom stereocenters. The molecule has 0 saturated heterocycles. The maximum absolute atomic E-state index is 12.4. The lowest BCUT2D eigenvalue weighted by molar-refractivity contribution is -0.141. The fraction of sp³-hybridized carbons (Fsp3) is 0.318. The molecular formula is C22H25N5O7. The molecule has 34 heavy (non-hydrogen) atoms. The number of carbonyl (C=O) groups is 7. The lowest BCUT2D eigenvalue weighted by Crippen LogP contribution is -2.51. The molecule has 0 bridgehead atoms. The summed E-state index contributed by atoms with van der Waals surface area (Å²) in [5.74, 6) is -4.12. The van der Waals surface area contributed by atoms with Gasteiger partial charge in [0.1, 0.15) is 18.4 Å². The third-order valence-corrected chi connectivity index (χ3v) is 4.54. The number of ketones is 1. The van der Waals surface area contributed by atoms with Crippen molar-refractivity contribution in [3.05, 3.63) is 48.0 Å². The second-order valence-corrected chi connectivity index (χ2v) is 7.38. The molecule has 0 saturated carbocycles. The molecule has 1 aliphatic rings. The van der Waals surface area contributed by atoms with Gasteiger partial charge in [0.25, 0.3) is 11.8 Å². The fourth-order valence-electron chi connectivity index (χ4n) is 2.85. The zero-order valence-electron chi connectivity index (χ0n) is 18.5. The molecule has 12 heteroatoms. The number of carbonyl (C=O) groups excluding carboxylic acids is 7. The van der Waals surface area contributed by atoms with Gasteiger partial charge in [-0.2, -0.15) is 0 Å². The number of benzene rings is 1. The molecule has 6 amide bonds. The smallest absolute Gasteiger partial charge is 0.254 e. The van der Waals surface area contributed by atoms with E-state index in [1.807, 2.05) is 0 Å². The van der Waals surface area contributed by atoms with E-state index in [4.69, 9.17) is 0 Å². The van der Waals surface area contributed by atoms with Crippen molar-refractivity contribution in [3.8, 4) is 0 Å². The van der Waals surface area contributed by atoms with Gasteiger partial charge in [-0.15, -0.1) is 0 Å². The zero-order valence-corrected chi connectivity index (χ0v) is 18.5. The average Bonchev–Trinajstić information content (AvgIpc) is 3.12. The quantitative estimate of drug-likeness (QED) is 0.246. The molecule has 12 nitrogen and oxygen atoms in total. The van der Waals surface area contributed by atoms with E-state index in [-0.39, 0.29) is 18.7 Å². The number of Topliss-reactive ketones (excluding diaryl/α,β-unsaturated/α-hetero) is 1. The van der Waals surface area contributed by atoms with Gasteiger partial charge in [-0.25, -0.2) is 0 Å². The Labute approximate surface area is 195 Å². The summed E-state index contributed by atoms with van der Waals surface area (Å²) < 4.78 is 0. The largest absolute Gasteiger partial charge is 0.347 e. The second-order valence-electron chi connectivity index (χ2n) is 7.38. The summed E-state index contributed by atoms with van der Waals surface area (Å²) in [5, 5.41) is 9.50. The summed E-state index contributed by atoms with van der Waals surface area (Å²) in [6.45, 7) is -0.345. The van der Waals surface area contributed by atoms with Crippen molar-refractivity contribution in [2.45, 2.75) is 19.4 Å². The normalized spacial score (nSPS) is 13.3. The molecule has 0 aromatic heterocycles.